The number of nitrogens with one attached hydrogen (secondary N) is 2. The molecule has 1 aliphatic rings. The van der Waals surface area contributed by atoms with Gasteiger partial charge in [-0.05, 0) is 36.8 Å². The van der Waals surface area contributed by atoms with Crippen molar-refractivity contribution in [1.82, 2.24) is 10.2 Å². The monoisotopic (exact) mass is 383 g/mol. The Balaban J connectivity index is 1.98. The summed E-state index contributed by atoms with van der Waals surface area (Å²) < 4.78 is 38.7. The summed E-state index contributed by atoms with van der Waals surface area (Å²) in [5.41, 5.74) is -1.58. The molecule has 1 saturated heterocycles. The van der Waals surface area contributed by atoms with E-state index in [2.05, 4.69) is 5.32 Å². The highest BCUT2D eigenvalue weighted by atomic mass is 32.1. The minimum atomic E-state index is -4.44. The summed E-state index contributed by atoms with van der Waals surface area (Å²) in [6.07, 6.45) is -5.86. The Morgan fingerprint density at radius 2 is 2.00 bits per heavy atom. The van der Waals surface area contributed by atoms with Crippen molar-refractivity contribution in [2.45, 2.75) is 24.7 Å². The molecule has 1 aliphatic heterocycles. The first kappa shape index (κ1) is 18.4. The number of alkyl halides is 3. The number of likely N-dealkylation sites (N-methyl/N-ethyl adjacent to an activating group) is 1. The van der Waals surface area contributed by atoms with Crippen molar-refractivity contribution in [3.63, 3.8) is 0 Å². The zero-order valence-electron chi connectivity index (χ0n) is 13.9. The number of hydrogen-bond donors (Lipinski definition) is 3. The molecular formula is C17H16F3N3O2S. The predicted octanol–water partition coefficient (Wildman–Crippen LogP) is 3.01. The fourth-order valence-corrected chi connectivity index (χ4v) is 3.88. The van der Waals surface area contributed by atoms with Crippen LogP contribution in [0.25, 0.3) is 10.4 Å². The molecule has 0 radical (unpaired) electrons. The number of guanidine groups is 1. The first-order valence-corrected chi connectivity index (χ1v) is 8.46. The maximum Gasteiger partial charge on any atom is 0.416 e. The van der Waals surface area contributed by atoms with E-state index in [1.165, 1.54) is 13.1 Å². The van der Waals surface area contributed by atoms with Crippen LogP contribution in [-0.4, -0.2) is 35.0 Å². The molecule has 5 nitrogen and oxygen atoms in total. The molecule has 3 N–H and O–H groups in total. The van der Waals surface area contributed by atoms with Crippen LogP contribution in [0.2, 0.25) is 0 Å². The average Bonchev–Trinajstić information content (AvgIpc) is 3.08. The van der Waals surface area contributed by atoms with E-state index in [0.717, 1.165) is 28.4 Å². The highest BCUT2D eigenvalue weighted by molar-refractivity contribution is 7.15. The highest BCUT2D eigenvalue weighted by Gasteiger charge is 2.47. The Morgan fingerprint density at radius 3 is 2.65 bits per heavy atom. The number of carbonyl (C=O) groups is 1. The summed E-state index contributed by atoms with van der Waals surface area (Å²) in [6, 6.07) is 8.25. The van der Waals surface area contributed by atoms with Crippen molar-refractivity contribution in [1.29, 1.82) is 5.41 Å². The zero-order valence-corrected chi connectivity index (χ0v) is 14.7. The lowest BCUT2D eigenvalue weighted by Gasteiger charge is -2.42. The van der Waals surface area contributed by atoms with Gasteiger partial charge in [0, 0.05) is 16.8 Å². The van der Waals surface area contributed by atoms with Gasteiger partial charge in [-0.2, -0.15) is 13.2 Å². The average molecular weight is 383 g/mol. The van der Waals surface area contributed by atoms with E-state index < -0.39 is 29.3 Å². The Kier molecular flexibility index (Phi) is 4.32. The SMILES string of the molecule is CN1C(=N)N[C@](C)(c2ccc(-c3cccc(C(F)(F)F)c3)s2)[C@@H](O)C1=O. The van der Waals surface area contributed by atoms with E-state index in [1.54, 1.807) is 25.1 Å². The Morgan fingerprint density at radius 1 is 1.31 bits per heavy atom. The maximum atomic E-state index is 12.9. The van der Waals surface area contributed by atoms with Crippen LogP contribution in [0.15, 0.2) is 36.4 Å². The Hall–Kier alpha value is -2.39. The zero-order chi connectivity index (χ0) is 19.3. The van der Waals surface area contributed by atoms with Crippen molar-refractivity contribution >= 4 is 23.2 Å². The smallest absolute Gasteiger partial charge is 0.380 e. The number of hydrogen-bond acceptors (Lipinski definition) is 4. The standard InChI is InChI=1S/C17H16F3N3O2S/c1-16(13(24)14(25)23(2)15(21)22-16)12-7-6-11(26-12)9-4-3-5-10(8-9)17(18,19)20/h3-8,13,24H,1-2H3,(H2,21,22)/t13-,16+/m0/s1. The number of nitrogens with zero attached hydrogens (tertiary/aromatic N) is 1. The highest BCUT2D eigenvalue weighted by Crippen LogP contribution is 2.39. The lowest BCUT2D eigenvalue weighted by atomic mass is 9.90. The van der Waals surface area contributed by atoms with E-state index in [-0.39, 0.29) is 5.96 Å². The van der Waals surface area contributed by atoms with Gasteiger partial charge in [0.25, 0.3) is 5.91 Å². The molecule has 2 atom stereocenters. The van der Waals surface area contributed by atoms with Gasteiger partial charge in [0.2, 0.25) is 0 Å². The molecule has 3 rings (SSSR count). The molecule has 138 valence electrons. The van der Waals surface area contributed by atoms with Crippen molar-refractivity contribution in [2.24, 2.45) is 0 Å². The molecule has 0 aliphatic carbocycles. The minimum Gasteiger partial charge on any atom is -0.380 e. The van der Waals surface area contributed by atoms with Gasteiger partial charge in [-0.25, -0.2) is 0 Å². The van der Waals surface area contributed by atoms with Crippen LogP contribution in [0.1, 0.15) is 17.4 Å². The summed E-state index contributed by atoms with van der Waals surface area (Å²) in [7, 11) is 1.38. The van der Waals surface area contributed by atoms with Gasteiger partial charge in [0.1, 0.15) is 5.54 Å². The molecular weight excluding hydrogens is 367 g/mol. The van der Waals surface area contributed by atoms with Crippen molar-refractivity contribution in [2.75, 3.05) is 7.05 Å². The third-order valence-corrected chi connectivity index (χ3v) is 5.79. The molecule has 26 heavy (non-hydrogen) atoms. The second-order valence-electron chi connectivity index (χ2n) is 6.22. The largest absolute Gasteiger partial charge is 0.416 e. The normalized spacial score (nSPS) is 23.9. The summed E-state index contributed by atoms with van der Waals surface area (Å²) in [6.45, 7) is 1.58. The molecule has 1 amide bonds. The van der Waals surface area contributed by atoms with Crippen LogP contribution in [0.5, 0.6) is 0 Å². The topological polar surface area (TPSA) is 76.4 Å². The number of aliphatic hydroxyl groups is 1. The van der Waals surface area contributed by atoms with E-state index >= 15 is 0 Å². The maximum absolute atomic E-state index is 12.9. The number of benzene rings is 1. The molecule has 1 aromatic heterocycles. The van der Waals surface area contributed by atoms with Gasteiger partial charge in [-0.15, -0.1) is 11.3 Å². The van der Waals surface area contributed by atoms with E-state index in [9.17, 15) is 23.1 Å². The second kappa shape index (κ2) is 6.10. The van der Waals surface area contributed by atoms with Crippen LogP contribution < -0.4 is 5.32 Å². The van der Waals surface area contributed by atoms with Gasteiger partial charge in [0.05, 0.1) is 5.56 Å². The lowest BCUT2D eigenvalue weighted by Crippen LogP contribution is -2.66. The van der Waals surface area contributed by atoms with Gasteiger partial charge in [-0.3, -0.25) is 15.1 Å². The number of thiophene rings is 1. The number of aliphatic hydroxyl groups excluding tert-OH is 1. The van der Waals surface area contributed by atoms with Crippen molar-refractivity contribution < 1.29 is 23.1 Å². The fourth-order valence-electron chi connectivity index (χ4n) is 2.76. The lowest BCUT2D eigenvalue weighted by molar-refractivity contribution is -0.142. The number of amides is 1. The van der Waals surface area contributed by atoms with Gasteiger partial charge in [-0.1, -0.05) is 12.1 Å². The van der Waals surface area contributed by atoms with Crippen molar-refractivity contribution in [3.8, 4) is 10.4 Å². The third-order valence-electron chi connectivity index (χ3n) is 4.42. The second-order valence-corrected chi connectivity index (χ2v) is 7.30. The molecule has 0 unspecified atom stereocenters. The molecule has 0 bridgehead atoms. The number of rotatable bonds is 2. The van der Waals surface area contributed by atoms with Crippen LogP contribution >= 0.6 is 11.3 Å². The molecule has 1 fully saturated rings. The molecule has 0 spiro atoms. The third kappa shape index (κ3) is 2.97. The van der Waals surface area contributed by atoms with E-state index in [4.69, 9.17) is 5.41 Å². The molecule has 1 aromatic carbocycles. The van der Waals surface area contributed by atoms with E-state index in [0.29, 0.717) is 15.3 Å². The van der Waals surface area contributed by atoms with Crippen LogP contribution in [0.3, 0.4) is 0 Å². The molecule has 0 saturated carbocycles. The molecule has 2 heterocycles. The van der Waals surface area contributed by atoms with Gasteiger partial charge in [0.15, 0.2) is 12.1 Å². The van der Waals surface area contributed by atoms with Gasteiger partial charge < -0.3 is 10.4 Å². The fraction of sp³-hybridized carbons (Fsp3) is 0.294. The Bertz CT molecular complexity index is 880. The molecule has 9 heteroatoms. The Labute approximate surface area is 151 Å². The summed E-state index contributed by atoms with van der Waals surface area (Å²) >= 11 is 1.16. The first-order chi connectivity index (χ1) is 12.0. The van der Waals surface area contributed by atoms with Crippen LogP contribution in [0, 0.1) is 5.41 Å². The molecule has 2 aromatic rings. The van der Waals surface area contributed by atoms with Gasteiger partial charge >= 0.3 is 6.18 Å². The minimum absolute atomic E-state index is 0.156. The van der Waals surface area contributed by atoms with Crippen molar-refractivity contribution in [3.05, 3.63) is 46.8 Å². The van der Waals surface area contributed by atoms with Crippen LogP contribution in [-0.2, 0) is 16.5 Å². The first-order valence-electron chi connectivity index (χ1n) is 7.64. The quantitative estimate of drug-likeness (QED) is 0.746. The summed E-state index contributed by atoms with van der Waals surface area (Å²) in [5, 5.41) is 21.0. The summed E-state index contributed by atoms with van der Waals surface area (Å²) in [5.74, 6) is -0.776. The summed E-state index contributed by atoms with van der Waals surface area (Å²) in [4.78, 5) is 14.3. The number of halogens is 3. The van der Waals surface area contributed by atoms with Crippen LogP contribution in [0.4, 0.5) is 13.2 Å². The predicted molar refractivity (Wildman–Crippen MR) is 91.7 cm³/mol. The number of carbonyl (C=O) groups excluding carboxylic acids is 1. The van der Waals surface area contributed by atoms with E-state index in [1.807, 2.05) is 0 Å².